The summed E-state index contributed by atoms with van der Waals surface area (Å²) in [6.45, 7) is 6.83. The van der Waals surface area contributed by atoms with Gasteiger partial charge in [-0.15, -0.1) is 0 Å². The van der Waals surface area contributed by atoms with Crippen LogP contribution in [0.25, 0.3) is 0 Å². The quantitative estimate of drug-likeness (QED) is 0.753. The Morgan fingerprint density at radius 2 is 2.00 bits per heavy atom. The minimum atomic E-state index is 0.766. The Balaban J connectivity index is 2.07. The van der Waals surface area contributed by atoms with E-state index in [1.54, 1.807) is 0 Å². The van der Waals surface area contributed by atoms with E-state index in [0.29, 0.717) is 0 Å². The normalized spacial score (nSPS) is 16.4. The molecule has 2 nitrogen and oxygen atoms in total. The molecule has 0 bridgehead atoms. The number of hydrogen-bond acceptors (Lipinski definition) is 2. The summed E-state index contributed by atoms with van der Waals surface area (Å²) in [5, 5.41) is 0. The minimum Gasteiger partial charge on any atom is -0.398 e. The minimum absolute atomic E-state index is 0.766. The van der Waals surface area contributed by atoms with Gasteiger partial charge < -0.3 is 5.73 Å². The summed E-state index contributed by atoms with van der Waals surface area (Å²) >= 11 is 3.65. The fourth-order valence-electron chi connectivity index (χ4n) is 3.02. The van der Waals surface area contributed by atoms with Crippen molar-refractivity contribution in [2.24, 2.45) is 5.92 Å². The molecule has 0 atom stereocenters. The molecule has 1 aromatic carbocycles. The lowest BCUT2D eigenvalue weighted by Crippen LogP contribution is -2.34. The maximum absolute atomic E-state index is 6.01. The molecule has 112 valence electrons. The summed E-state index contributed by atoms with van der Waals surface area (Å²) in [6, 6.07) is 6.98. The first kappa shape index (κ1) is 15.8. The third kappa shape index (κ3) is 4.23. The Hall–Kier alpha value is -0.540. The van der Waals surface area contributed by atoms with Crippen LogP contribution in [0.3, 0.4) is 0 Å². The molecular formula is C17H27BrN2. The van der Waals surface area contributed by atoms with Gasteiger partial charge in [0.05, 0.1) is 0 Å². The van der Waals surface area contributed by atoms with Gasteiger partial charge in [0.15, 0.2) is 0 Å². The van der Waals surface area contributed by atoms with Crippen molar-refractivity contribution in [3.63, 3.8) is 0 Å². The molecule has 0 amide bonds. The van der Waals surface area contributed by atoms with Gasteiger partial charge >= 0.3 is 0 Å². The van der Waals surface area contributed by atoms with Crippen LogP contribution in [0.2, 0.25) is 0 Å². The number of rotatable bonds is 6. The predicted molar refractivity (Wildman–Crippen MR) is 90.7 cm³/mol. The predicted octanol–water partition coefficient (Wildman–Crippen LogP) is 4.82. The SMILES string of the molecule is CC(C)CCN(Cc1cccc(N)c1Br)C1CCCC1. The van der Waals surface area contributed by atoms with E-state index in [1.807, 2.05) is 6.07 Å². The molecule has 2 N–H and O–H groups in total. The molecule has 0 aromatic heterocycles. The van der Waals surface area contributed by atoms with E-state index in [1.165, 1.54) is 44.2 Å². The first-order valence-corrected chi connectivity index (χ1v) is 8.64. The summed E-state index contributed by atoms with van der Waals surface area (Å²) in [4.78, 5) is 2.67. The van der Waals surface area contributed by atoms with Crippen molar-refractivity contribution in [2.75, 3.05) is 12.3 Å². The molecule has 0 heterocycles. The summed E-state index contributed by atoms with van der Waals surface area (Å²) in [5.74, 6) is 0.767. The molecule has 1 aliphatic rings. The maximum atomic E-state index is 6.01. The van der Waals surface area contributed by atoms with E-state index >= 15 is 0 Å². The van der Waals surface area contributed by atoms with Crippen molar-refractivity contribution in [3.05, 3.63) is 28.2 Å². The molecule has 0 unspecified atom stereocenters. The molecule has 2 rings (SSSR count). The summed E-state index contributed by atoms with van der Waals surface area (Å²) in [6.07, 6.45) is 6.77. The molecule has 0 aliphatic heterocycles. The third-order valence-corrected chi connectivity index (χ3v) is 5.28. The van der Waals surface area contributed by atoms with Crippen LogP contribution in [-0.2, 0) is 6.54 Å². The first-order chi connectivity index (χ1) is 9.58. The number of anilines is 1. The highest BCUT2D eigenvalue weighted by Crippen LogP contribution is 2.29. The summed E-state index contributed by atoms with van der Waals surface area (Å²) < 4.78 is 1.08. The van der Waals surface area contributed by atoms with Gasteiger partial charge in [0.2, 0.25) is 0 Å². The molecule has 3 heteroatoms. The fraction of sp³-hybridized carbons (Fsp3) is 0.647. The van der Waals surface area contributed by atoms with Crippen molar-refractivity contribution in [1.82, 2.24) is 4.90 Å². The van der Waals surface area contributed by atoms with Crippen LogP contribution in [0, 0.1) is 5.92 Å². The molecule has 1 aliphatic carbocycles. The first-order valence-electron chi connectivity index (χ1n) is 7.85. The average molecular weight is 339 g/mol. The van der Waals surface area contributed by atoms with E-state index in [2.05, 4.69) is 46.8 Å². The monoisotopic (exact) mass is 338 g/mol. The maximum Gasteiger partial charge on any atom is 0.0461 e. The molecule has 0 radical (unpaired) electrons. The van der Waals surface area contributed by atoms with Crippen molar-refractivity contribution < 1.29 is 0 Å². The molecule has 1 saturated carbocycles. The van der Waals surface area contributed by atoms with Gasteiger partial charge in [-0.1, -0.05) is 38.8 Å². The van der Waals surface area contributed by atoms with Crippen LogP contribution in [0.1, 0.15) is 51.5 Å². The van der Waals surface area contributed by atoms with Crippen molar-refractivity contribution >= 4 is 21.6 Å². The number of nitrogens with two attached hydrogens (primary N) is 1. The Morgan fingerprint density at radius 3 is 2.65 bits per heavy atom. The highest BCUT2D eigenvalue weighted by atomic mass is 79.9. The van der Waals surface area contributed by atoms with E-state index < -0.39 is 0 Å². The van der Waals surface area contributed by atoms with E-state index in [-0.39, 0.29) is 0 Å². The lowest BCUT2D eigenvalue weighted by Gasteiger charge is -2.30. The van der Waals surface area contributed by atoms with Crippen LogP contribution in [0.4, 0.5) is 5.69 Å². The van der Waals surface area contributed by atoms with Gasteiger partial charge in [0.1, 0.15) is 0 Å². The van der Waals surface area contributed by atoms with Crippen LogP contribution in [0.15, 0.2) is 22.7 Å². The molecule has 1 fully saturated rings. The van der Waals surface area contributed by atoms with Gasteiger partial charge in [0.25, 0.3) is 0 Å². The van der Waals surface area contributed by atoms with Crippen LogP contribution < -0.4 is 5.73 Å². The van der Waals surface area contributed by atoms with Crippen LogP contribution in [0.5, 0.6) is 0 Å². The number of nitrogen functional groups attached to an aromatic ring is 1. The standard InChI is InChI=1S/C17H27BrN2/c1-13(2)10-11-20(15-7-3-4-8-15)12-14-6-5-9-16(19)17(14)18/h5-6,9,13,15H,3-4,7-8,10-12,19H2,1-2H3. The Kier molecular flexibility index (Phi) is 5.91. The highest BCUT2D eigenvalue weighted by Gasteiger charge is 2.23. The zero-order valence-corrected chi connectivity index (χ0v) is 14.3. The van der Waals surface area contributed by atoms with E-state index in [9.17, 15) is 0 Å². The van der Waals surface area contributed by atoms with Gasteiger partial charge in [0, 0.05) is 22.7 Å². The Morgan fingerprint density at radius 1 is 1.30 bits per heavy atom. The smallest absolute Gasteiger partial charge is 0.0461 e. The van der Waals surface area contributed by atoms with Crippen LogP contribution >= 0.6 is 15.9 Å². The van der Waals surface area contributed by atoms with Gasteiger partial charge in [-0.3, -0.25) is 4.90 Å². The summed E-state index contributed by atoms with van der Waals surface area (Å²) in [7, 11) is 0. The molecule has 0 saturated heterocycles. The number of hydrogen-bond donors (Lipinski definition) is 1. The average Bonchev–Trinajstić information content (AvgIpc) is 2.93. The van der Waals surface area contributed by atoms with Crippen LogP contribution in [-0.4, -0.2) is 17.5 Å². The van der Waals surface area contributed by atoms with Crippen molar-refractivity contribution in [2.45, 2.75) is 58.5 Å². The second kappa shape index (κ2) is 7.46. The lowest BCUT2D eigenvalue weighted by molar-refractivity contribution is 0.179. The Labute approximate surface area is 131 Å². The zero-order valence-electron chi connectivity index (χ0n) is 12.7. The zero-order chi connectivity index (χ0) is 14.5. The summed E-state index contributed by atoms with van der Waals surface area (Å²) in [5.41, 5.74) is 8.17. The lowest BCUT2D eigenvalue weighted by atomic mass is 10.1. The van der Waals surface area contributed by atoms with Gasteiger partial charge in [-0.25, -0.2) is 0 Å². The van der Waals surface area contributed by atoms with E-state index in [4.69, 9.17) is 5.73 Å². The largest absolute Gasteiger partial charge is 0.398 e. The van der Waals surface area contributed by atoms with Crippen molar-refractivity contribution in [1.29, 1.82) is 0 Å². The second-order valence-corrected chi connectivity index (χ2v) is 7.20. The fourth-order valence-corrected chi connectivity index (χ4v) is 3.41. The molecular weight excluding hydrogens is 312 g/mol. The van der Waals surface area contributed by atoms with Gasteiger partial charge in [-0.2, -0.15) is 0 Å². The molecule has 0 spiro atoms. The number of benzene rings is 1. The third-order valence-electron chi connectivity index (χ3n) is 4.32. The van der Waals surface area contributed by atoms with E-state index in [0.717, 1.165) is 28.7 Å². The molecule has 20 heavy (non-hydrogen) atoms. The number of halogens is 1. The second-order valence-electron chi connectivity index (χ2n) is 6.41. The molecule has 1 aromatic rings. The number of nitrogens with zero attached hydrogens (tertiary/aromatic N) is 1. The topological polar surface area (TPSA) is 29.3 Å². The Bertz CT molecular complexity index is 425. The highest BCUT2D eigenvalue weighted by molar-refractivity contribution is 9.10. The van der Waals surface area contributed by atoms with Gasteiger partial charge in [-0.05, 0) is 59.3 Å². The van der Waals surface area contributed by atoms with Crippen molar-refractivity contribution in [3.8, 4) is 0 Å².